The van der Waals surface area contributed by atoms with Crippen LogP contribution in [0.1, 0.15) is 27.2 Å². The van der Waals surface area contributed by atoms with E-state index in [0.29, 0.717) is 5.56 Å². The molecule has 33 heavy (non-hydrogen) atoms. The molecule has 0 aliphatic carbocycles. The highest BCUT2D eigenvalue weighted by atomic mass is 32.2. The third kappa shape index (κ3) is 5.37. The van der Waals surface area contributed by atoms with Gasteiger partial charge >= 0.3 is 18.5 Å². The van der Waals surface area contributed by atoms with Crippen molar-refractivity contribution in [2.24, 2.45) is 0 Å². The zero-order valence-electron chi connectivity index (χ0n) is 16.7. The number of carbonyl (C=O) groups is 1. The van der Waals surface area contributed by atoms with Crippen LogP contribution in [0.25, 0.3) is 0 Å². The van der Waals surface area contributed by atoms with Gasteiger partial charge in [0.1, 0.15) is 11.4 Å². The summed E-state index contributed by atoms with van der Waals surface area (Å²) in [5.74, 6) is -6.09. The van der Waals surface area contributed by atoms with Gasteiger partial charge in [-0.1, -0.05) is 0 Å². The van der Waals surface area contributed by atoms with E-state index in [0.717, 1.165) is 41.6 Å². The van der Waals surface area contributed by atoms with Gasteiger partial charge in [-0.2, -0.15) is 22.0 Å². The standard InChI is InChI=1S/C19H15F7N2O4S/c1-33(30,31)12-2-3-14(32-9-18(22,23)17(20)21)13(5-12)16(29)28-7-10-4-15(19(24,25)26)27-6-11(10)8-28/h2-6,17H,7-9H2,1H3. The van der Waals surface area contributed by atoms with Crippen LogP contribution in [-0.2, 0) is 29.1 Å². The summed E-state index contributed by atoms with van der Waals surface area (Å²) >= 11 is 0. The molecule has 0 spiro atoms. The lowest BCUT2D eigenvalue weighted by atomic mass is 10.1. The van der Waals surface area contributed by atoms with Gasteiger partial charge in [0.05, 0.1) is 10.5 Å². The van der Waals surface area contributed by atoms with Crippen LogP contribution in [0.2, 0.25) is 0 Å². The summed E-state index contributed by atoms with van der Waals surface area (Å²) < 4.78 is 119. The summed E-state index contributed by atoms with van der Waals surface area (Å²) in [5, 5.41) is 0. The SMILES string of the molecule is CS(=O)(=O)c1ccc(OCC(F)(F)C(F)F)c(C(=O)N2Cc3cnc(C(F)(F)F)cc3C2)c1. The minimum atomic E-state index is -4.72. The lowest BCUT2D eigenvalue weighted by Gasteiger charge is -2.20. The maximum absolute atomic E-state index is 13.3. The molecule has 14 heteroatoms. The third-order valence-electron chi connectivity index (χ3n) is 4.73. The van der Waals surface area contributed by atoms with Crippen molar-refractivity contribution >= 4 is 15.7 Å². The molecule has 0 saturated carbocycles. The molecule has 0 N–H and O–H groups in total. The number of ether oxygens (including phenoxy) is 1. The fraction of sp³-hybridized carbons (Fsp3) is 0.368. The molecule has 0 saturated heterocycles. The van der Waals surface area contributed by atoms with Gasteiger partial charge in [-0.05, 0) is 35.4 Å². The Hall–Kier alpha value is -2.90. The molecule has 180 valence electrons. The molecular weight excluding hydrogens is 485 g/mol. The van der Waals surface area contributed by atoms with Gasteiger partial charge in [-0.25, -0.2) is 17.2 Å². The summed E-state index contributed by atoms with van der Waals surface area (Å²) in [7, 11) is -3.86. The van der Waals surface area contributed by atoms with Crippen molar-refractivity contribution < 1.29 is 48.7 Å². The predicted octanol–water partition coefficient (Wildman–Crippen LogP) is 3.94. The van der Waals surface area contributed by atoms with Crippen LogP contribution >= 0.6 is 0 Å². The van der Waals surface area contributed by atoms with E-state index in [4.69, 9.17) is 4.74 Å². The number of fused-ring (bicyclic) bond motifs is 1. The second-order valence-corrected chi connectivity index (χ2v) is 9.29. The first-order chi connectivity index (χ1) is 15.1. The normalized spacial score (nSPS) is 14.5. The highest BCUT2D eigenvalue weighted by molar-refractivity contribution is 7.90. The maximum Gasteiger partial charge on any atom is 0.433 e. The van der Waals surface area contributed by atoms with Crippen LogP contribution in [0, 0.1) is 0 Å². The number of nitrogens with zero attached hydrogens (tertiary/aromatic N) is 2. The third-order valence-corrected chi connectivity index (χ3v) is 5.84. The summed E-state index contributed by atoms with van der Waals surface area (Å²) in [4.78, 5) is 17.0. The van der Waals surface area contributed by atoms with Gasteiger partial charge in [-0.3, -0.25) is 9.78 Å². The van der Waals surface area contributed by atoms with Crippen LogP contribution in [0.3, 0.4) is 0 Å². The van der Waals surface area contributed by atoms with E-state index in [1.54, 1.807) is 0 Å². The van der Waals surface area contributed by atoms with Gasteiger partial charge in [0, 0.05) is 25.5 Å². The Morgan fingerprint density at radius 1 is 1.12 bits per heavy atom. The largest absolute Gasteiger partial charge is 0.486 e. The molecule has 0 radical (unpaired) electrons. The molecule has 2 heterocycles. The molecule has 1 amide bonds. The van der Waals surface area contributed by atoms with Crippen molar-refractivity contribution in [1.29, 1.82) is 0 Å². The van der Waals surface area contributed by atoms with Crippen molar-refractivity contribution in [3.05, 3.63) is 52.8 Å². The van der Waals surface area contributed by atoms with E-state index in [-0.39, 0.29) is 23.5 Å². The fourth-order valence-electron chi connectivity index (χ4n) is 3.02. The highest BCUT2D eigenvalue weighted by Crippen LogP contribution is 2.34. The molecule has 0 unspecified atom stereocenters. The maximum atomic E-state index is 13.3. The summed E-state index contributed by atoms with van der Waals surface area (Å²) in [5.41, 5.74) is -1.27. The zero-order valence-corrected chi connectivity index (χ0v) is 17.5. The van der Waals surface area contributed by atoms with E-state index < -0.39 is 57.9 Å². The number of hydrogen-bond donors (Lipinski definition) is 0. The Kier molecular flexibility index (Phi) is 6.35. The van der Waals surface area contributed by atoms with Gasteiger partial charge in [0.25, 0.3) is 5.91 Å². The molecular formula is C19H15F7N2O4S. The smallest absolute Gasteiger partial charge is 0.433 e. The molecule has 2 aromatic rings. The van der Waals surface area contributed by atoms with Gasteiger partial charge in [-0.15, -0.1) is 0 Å². The van der Waals surface area contributed by atoms with E-state index in [2.05, 4.69) is 4.98 Å². The minimum absolute atomic E-state index is 0.136. The van der Waals surface area contributed by atoms with Crippen LogP contribution in [-0.4, -0.2) is 49.4 Å². The molecule has 0 bridgehead atoms. The number of benzene rings is 1. The van der Waals surface area contributed by atoms with Gasteiger partial charge in [0.15, 0.2) is 16.4 Å². The molecule has 1 aliphatic heterocycles. The molecule has 3 rings (SSSR count). The second-order valence-electron chi connectivity index (χ2n) is 7.28. The highest BCUT2D eigenvalue weighted by Gasteiger charge is 2.42. The van der Waals surface area contributed by atoms with Crippen molar-refractivity contribution in [3.8, 4) is 5.75 Å². The Bertz CT molecular complexity index is 1180. The first kappa shape index (κ1) is 24.7. The molecule has 6 nitrogen and oxygen atoms in total. The topological polar surface area (TPSA) is 76.6 Å². The van der Waals surface area contributed by atoms with E-state index >= 15 is 0 Å². The van der Waals surface area contributed by atoms with Crippen LogP contribution < -0.4 is 4.74 Å². The Morgan fingerprint density at radius 2 is 1.76 bits per heavy atom. The second kappa shape index (κ2) is 8.47. The minimum Gasteiger partial charge on any atom is -0.486 e. The zero-order chi connectivity index (χ0) is 24.8. The number of amides is 1. The van der Waals surface area contributed by atoms with Crippen molar-refractivity contribution in [3.63, 3.8) is 0 Å². The number of aromatic nitrogens is 1. The monoisotopic (exact) mass is 500 g/mol. The Morgan fingerprint density at radius 3 is 2.33 bits per heavy atom. The van der Waals surface area contributed by atoms with E-state index in [1.165, 1.54) is 0 Å². The van der Waals surface area contributed by atoms with Gasteiger partial charge < -0.3 is 9.64 Å². The van der Waals surface area contributed by atoms with Crippen molar-refractivity contribution in [2.45, 2.75) is 36.5 Å². The van der Waals surface area contributed by atoms with E-state index in [9.17, 15) is 43.9 Å². The summed E-state index contributed by atoms with van der Waals surface area (Å²) in [6, 6.07) is 3.41. The average molecular weight is 500 g/mol. The lowest BCUT2D eigenvalue weighted by molar-refractivity contribution is -0.148. The van der Waals surface area contributed by atoms with Crippen LogP contribution in [0.5, 0.6) is 5.75 Å². The fourth-order valence-corrected chi connectivity index (χ4v) is 3.67. The van der Waals surface area contributed by atoms with Gasteiger partial charge in [0.2, 0.25) is 0 Å². The molecule has 1 aromatic carbocycles. The number of halogens is 7. The Balaban J connectivity index is 1.93. The quantitative estimate of drug-likeness (QED) is 0.562. The molecule has 1 aliphatic rings. The lowest BCUT2D eigenvalue weighted by Crippen LogP contribution is -2.34. The van der Waals surface area contributed by atoms with Crippen molar-refractivity contribution in [1.82, 2.24) is 9.88 Å². The number of hydrogen-bond acceptors (Lipinski definition) is 5. The van der Waals surface area contributed by atoms with Crippen LogP contribution in [0.15, 0.2) is 35.4 Å². The number of carbonyl (C=O) groups excluding carboxylic acids is 1. The first-order valence-corrected chi connectivity index (χ1v) is 11.0. The van der Waals surface area contributed by atoms with Crippen LogP contribution in [0.4, 0.5) is 30.7 Å². The molecule has 0 fully saturated rings. The predicted molar refractivity (Wildman–Crippen MR) is 98.8 cm³/mol. The first-order valence-electron chi connectivity index (χ1n) is 9.07. The number of sulfone groups is 1. The van der Waals surface area contributed by atoms with E-state index in [1.807, 2.05) is 0 Å². The number of pyridine rings is 1. The number of rotatable bonds is 6. The number of alkyl halides is 7. The van der Waals surface area contributed by atoms with Crippen molar-refractivity contribution in [2.75, 3.05) is 12.9 Å². The average Bonchev–Trinajstić information content (AvgIpc) is 3.13. The Labute approximate surface area is 182 Å². The summed E-state index contributed by atoms with van der Waals surface area (Å²) in [6.07, 6.45) is -7.00. The summed E-state index contributed by atoms with van der Waals surface area (Å²) in [6.45, 7) is -2.30. The molecule has 1 aromatic heterocycles. The molecule has 0 atom stereocenters.